The lowest BCUT2D eigenvalue weighted by atomic mass is 10.2. The minimum Gasteiger partial charge on any atom is -0.345 e. The van der Waals surface area contributed by atoms with Crippen LogP contribution in [0.1, 0.15) is 30.1 Å². The van der Waals surface area contributed by atoms with Crippen molar-refractivity contribution in [2.45, 2.75) is 19.8 Å². The lowest BCUT2D eigenvalue weighted by Crippen LogP contribution is -2.26. The van der Waals surface area contributed by atoms with Gasteiger partial charge in [-0.3, -0.25) is 4.79 Å². The molecule has 0 radical (unpaired) electrons. The molecule has 0 saturated heterocycles. The van der Waals surface area contributed by atoms with Gasteiger partial charge in [-0.05, 0) is 37.8 Å². The van der Waals surface area contributed by atoms with Crippen LogP contribution in [-0.4, -0.2) is 23.9 Å². The van der Waals surface area contributed by atoms with Crippen molar-refractivity contribution in [1.82, 2.24) is 4.98 Å². The summed E-state index contributed by atoms with van der Waals surface area (Å²) in [6.45, 7) is 3.08. The Hall–Kier alpha value is -1.82. The van der Waals surface area contributed by atoms with E-state index in [1.807, 2.05) is 6.07 Å². The maximum Gasteiger partial charge on any atom is 0.161 e. The summed E-state index contributed by atoms with van der Waals surface area (Å²) in [4.78, 5) is 17.6. The van der Waals surface area contributed by atoms with E-state index in [-0.39, 0.29) is 5.78 Å². The summed E-state index contributed by atoms with van der Waals surface area (Å²) in [6.07, 6.45) is 9.56. The number of nitrogens with zero attached hydrogens (tertiary/aromatic N) is 2. The van der Waals surface area contributed by atoms with Gasteiger partial charge in [0.2, 0.25) is 0 Å². The highest BCUT2D eigenvalue weighted by Crippen LogP contribution is 2.30. The zero-order valence-electron chi connectivity index (χ0n) is 10.0. The Bertz CT molecular complexity index is 440. The molecule has 0 N–H and O–H groups in total. The van der Waals surface area contributed by atoms with Gasteiger partial charge in [0.25, 0.3) is 0 Å². The summed E-state index contributed by atoms with van der Waals surface area (Å²) in [5.74, 6) is 4.32. The number of aromatic nitrogens is 1. The highest BCUT2D eigenvalue weighted by atomic mass is 16.1. The zero-order valence-corrected chi connectivity index (χ0v) is 10.0. The van der Waals surface area contributed by atoms with Crippen molar-refractivity contribution in [1.29, 1.82) is 0 Å². The first-order chi connectivity index (χ1) is 8.20. The second kappa shape index (κ2) is 5.01. The van der Waals surface area contributed by atoms with Crippen molar-refractivity contribution in [2.24, 2.45) is 5.92 Å². The zero-order chi connectivity index (χ0) is 12.3. The first-order valence-electron chi connectivity index (χ1n) is 5.86. The quantitative estimate of drug-likeness (QED) is 0.572. The van der Waals surface area contributed by atoms with Crippen LogP contribution in [0.2, 0.25) is 0 Å². The molecule has 1 aromatic heterocycles. The average Bonchev–Trinajstić information content (AvgIpc) is 3.13. The van der Waals surface area contributed by atoms with Gasteiger partial charge >= 0.3 is 0 Å². The Balaban J connectivity index is 2.11. The molecule has 1 fully saturated rings. The van der Waals surface area contributed by atoms with Crippen molar-refractivity contribution in [3.8, 4) is 12.3 Å². The molecule has 1 aliphatic rings. The highest BCUT2D eigenvalue weighted by molar-refractivity contribution is 5.93. The molecule has 1 saturated carbocycles. The lowest BCUT2D eigenvalue weighted by Gasteiger charge is -2.21. The molecule has 0 atom stereocenters. The smallest absolute Gasteiger partial charge is 0.161 e. The average molecular weight is 228 g/mol. The number of Topliss-reactive ketones (excluding diaryl/α,β-unsaturated/α-hetero) is 1. The molecule has 2 rings (SSSR count). The fourth-order valence-electron chi connectivity index (χ4n) is 1.74. The normalized spacial score (nSPS) is 14.1. The summed E-state index contributed by atoms with van der Waals surface area (Å²) in [5, 5.41) is 0. The van der Waals surface area contributed by atoms with Crippen LogP contribution in [0.15, 0.2) is 18.3 Å². The minimum atomic E-state index is 0.0368. The van der Waals surface area contributed by atoms with Crippen LogP contribution in [0, 0.1) is 18.3 Å². The Morgan fingerprint density at radius 1 is 1.59 bits per heavy atom. The number of ketones is 1. The number of carbonyl (C=O) groups excluding carboxylic acids is 1. The van der Waals surface area contributed by atoms with E-state index in [9.17, 15) is 4.79 Å². The van der Waals surface area contributed by atoms with E-state index in [1.165, 1.54) is 12.8 Å². The number of pyridine rings is 1. The molecule has 1 aromatic rings. The molecule has 0 unspecified atom stereocenters. The second-order valence-electron chi connectivity index (χ2n) is 4.49. The monoisotopic (exact) mass is 228 g/mol. The number of hydrogen-bond donors (Lipinski definition) is 0. The van der Waals surface area contributed by atoms with Crippen LogP contribution in [0.5, 0.6) is 0 Å². The number of rotatable bonds is 5. The Kier molecular flexibility index (Phi) is 3.43. The molecular formula is C14H16N2O. The van der Waals surface area contributed by atoms with E-state index >= 15 is 0 Å². The van der Waals surface area contributed by atoms with E-state index in [0.29, 0.717) is 12.1 Å². The summed E-state index contributed by atoms with van der Waals surface area (Å²) in [5.41, 5.74) is 0.640. The van der Waals surface area contributed by atoms with Gasteiger partial charge in [-0.2, -0.15) is 0 Å². The van der Waals surface area contributed by atoms with Crippen molar-refractivity contribution < 1.29 is 4.79 Å². The minimum absolute atomic E-state index is 0.0368. The van der Waals surface area contributed by atoms with Crippen LogP contribution in [-0.2, 0) is 0 Å². The van der Waals surface area contributed by atoms with Gasteiger partial charge < -0.3 is 4.90 Å². The first-order valence-corrected chi connectivity index (χ1v) is 5.86. The molecular weight excluding hydrogens is 212 g/mol. The molecule has 3 nitrogen and oxygen atoms in total. The third kappa shape index (κ3) is 3.07. The van der Waals surface area contributed by atoms with Crippen LogP contribution < -0.4 is 4.90 Å². The maximum absolute atomic E-state index is 11.2. The van der Waals surface area contributed by atoms with E-state index in [1.54, 1.807) is 19.2 Å². The molecule has 0 spiro atoms. The third-order valence-electron chi connectivity index (χ3n) is 2.94. The van der Waals surface area contributed by atoms with Gasteiger partial charge in [0.05, 0.1) is 6.54 Å². The van der Waals surface area contributed by atoms with Crippen molar-refractivity contribution in [2.75, 3.05) is 18.0 Å². The molecule has 0 aromatic carbocycles. The van der Waals surface area contributed by atoms with Gasteiger partial charge in [0, 0.05) is 18.3 Å². The molecule has 17 heavy (non-hydrogen) atoms. The number of anilines is 1. The Labute approximate surface area is 102 Å². The van der Waals surface area contributed by atoms with Gasteiger partial charge in [-0.15, -0.1) is 6.42 Å². The standard InChI is InChI=1S/C14H16N2O/c1-3-8-16(10-12-4-5-12)14-7-6-13(9-15-14)11(2)17/h1,6-7,9,12H,4-5,8,10H2,2H3. The molecule has 0 amide bonds. The van der Waals surface area contributed by atoms with Crippen molar-refractivity contribution in [3.05, 3.63) is 23.9 Å². The molecule has 0 aliphatic heterocycles. The Morgan fingerprint density at radius 2 is 2.35 bits per heavy atom. The fourth-order valence-corrected chi connectivity index (χ4v) is 1.74. The topological polar surface area (TPSA) is 33.2 Å². The van der Waals surface area contributed by atoms with E-state index in [2.05, 4.69) is 15.8 Å². The summed E-state index contributed by atoms with van der Waals surface area (Å²) in [7, 11) is 0. The van der Waals surface area contributed by atoms with Gasteiger partial charge in [-0.1, -0.05) is 5.92 Å². The van der Waals surface area contributed by atoms with E-state index < -0.39 is 0 Å². The predicted octanol–water partition coefficient (Wildman–Crippen LogP) is 2.13. The van der Waals surface area contributed by atoms with Crippen LogP contribution in [0.4, 0.5) is 5.82 Å². The van der Waals surface area contributed by atoms with Gasteiger partial charge in [0.1, 0.15) is 5.82 Å². The van der Waals surface area contributed by atoms with Gasteiger partial charge in [0.15, 0.2) is 5.78 Å². The van der Waals surface area contributed by atoms with Gasteiger partial charge in [-0.25, -0.2) is 4.98 Å². The first kappa shape index (κ1) is 11.7. The van der Waals surface area contributed by atoms with E-state index in [0.717, 1.165) is 18.3 Å². The largest absolute Gasteiger partial charge is 0.345 e. The van der Waals surface area contributed by atoms with E-state index in [4.69, 9.17) is 6.42 Å². The fraction of sp³-hybridized carbons (Fsp3) is 0.429. The second-order valence-corrected chi connectivity index (χ2v) is 4.49. The SMILES string of the molecule is C#CCN(CC1CC1)c1ccc(C(C)=O)cn1. The predicted molar refractivity (Wildman–Crippen MR) is 68.0 cm³/mol. The van der Waals surface area contributed by atoms with Crippen molar-refractivity contribution in [3.63, 3.8) is 0 Å². The third-order valence-corrected chi connectivity index (χ3v) is 2.94. The van der Waals surface area contributed by atoms with Crippen LogP contribution in [0.3, 0.4) is 0 Å². The summed E-state index contributed by atoms with van der Waals surface area (Å²) < 4.78 is 0. The lowest BCUT2D eigenvalue weighted by molar-refractivity contribution is 0.101. The number of carbonyl (C=O) groups is 1. The number of terminal acetylenes is 1. The highest BCUT2D eigenvalue weighted by Gasteiger charge is 2.24. The Morgan fingerprint density at radius 3 is 2.82 bits per heavy atom. The summed E-state index contributed by atoms with van der Waals surface area (Å²) in [6, 6.07) is 3.68. The van der Waals surface area contributed by atoms with Crippen molar-refractivity contribution >= 4 is 11.6 Å². The molecule has 3 heteroatoms. The maximum atomic E-state index is 11.2. The molecule has 1 heterocycles. The molecule has 88 valence electrons. The van der Waals surface area contributed by atoms with Crippen LogP contribution in [0.25, 0.3) is 0 Å². The summed E-state index contributed by atoms with van der Waals surface area (Å²) >= 11 is 0. The van der Waals surface area contributed by atoms with Crippen LogP contribution >= 0.6 is 0 Å². The number of hydrogen-bond acceptors (Lipinski definition) is 3. The molecule has 0 bridgehead atoms. The molecule has 1 aliphatic carbocycles.